The number of halogens is 1. The first-order valence-electron chi connectivity index (χ1n) is 6.94. The number of tetrazole rings is 1. The molecule has 112 valence electrons. The third-order valence-electron chi connectivity index (χ3n) is 3.20. The minimum absolute atomic E-state index is 0.501. The second kappa shape index (κ2) is 6.70. The van der Waals surface area contributed by atoms with E-state index in [0.29, 0.717) is 19.0 Å². The highest BCUT2D eigenvalue weighted by Crippen LogP contribution is 2.18. The standard InChI is InChI=1S/C16H15BrN4O/c1-12-4-2-3-5-15(12)22-11-10-21-19-16(18-20-21)13-6-8-14(17)9-7-13/h2-9H,10-11H2,1H3. The van der Waals surface area contributed by atoms with E-state index in [1.807, 2.05) is 55.5 Å². The highest BCUT2D eigenvalue weighted by atomic mass is 79.9. The number of nitrogens with zero attached hydrogens (tertiary/aromatic N) is 4. The average Bonchev–Trinajstić information content (AvgIpc) is 2.99. The van der Waals surface area contributed by atoms with Gasteiger partial charge in [-0.05, 0) is 48.0 Å². The van der Waals surface area contributed by atoms with Crippen molar-refractivity contribution >= 4 is 15.9 Å². The summed E-state index contributed by atoms with van der Waals surface area (Å²) in [5.74, 6) is 1.50. The van der Waals surface area contributed by atoms with E-state index in [2.05, 4.69) is 31.3 Å². The van der Waals surface area contributed by atoms with Crippen molar-refractivity contribution in [3.8, 4) is 17.1 Å². The lowest BCUT2D eigenvalue weighted by molar-refractivity contribution is 0.279. The first-order valence-corrected chi connectivity index (χ1v) is 7.74. The van der Waals surface area contributed by atoms with Crippen LogP contribution in [-0.2, 0) is 6.54 Å². The molecular formula is C16H15BrN4O. The van der Waals surface area contributed by atoms with Crippen LogP contribution in [0.4, 0.5) is 0 Å². The fourth-order valence-electron chi connectivity index (χ4n) is 2.01. The summed E-state index contributed by atoms with van der Waals surface area (Å²) >= 11 is 3.41. The van der Waals surface area contributed by atoms with E-state index in [0.717, 1.165) is 21.3 Å². The first kappa shape index (κ1) is 14.7. The molecule has 0 aliphatic heterocycles. The van der Waals surface area contributed by atoms with Gasteiger partial charge in [-0.3, -0.25) is 0 Å². The molecule has 6 heteroatoms. The van der Waals surface area contributed by atoms with Crippen LogP contribution in [0.3, 0.4) is 0 Å². The second-order valence-electron chi connectivity index (χ2n) is 4.83. The van der Waals surface area contributed by atoms with Gasteiger partial charge in [0.05, 0.1) is 6.54 Å². The monoisotopic (exact) mass is 358 g/mol. The van der Waals surface area contributed by atoms with Crippen LogP contribution in [0.5, 0.6) is 5.75 Å². The van der Waals surface area contributed by atoms with Crippen molar-refractivity contribution in [2.24, 2.45) is 0 Å². The van der Waals surface area contributed by atoms with E-state index >= 15 is 0 Å². The molecule has 3 aromatic rings. The van der Waals surface area contributed by atoms with Crippen LogP contribution in [-0.4, -0.2) is 26.8 Å². The number of aromatic nitrogens is 4. The SMILES string of the molecule is Cc1ccccc1OCCn1nnc(-c2ccc(Br)cc2)n1. The van der Waals surface area contributed by atoms with Crippen molar-refractivity contribution in [1.82, 2.24) is 20.2 Å². The van der Waals surface area contributed by atoms with Crippen molar-refractivity contribution < 1.29 is 4.74 Å². The quantitative estimate of drug-likeness (QED) is 0.700. The normalized spacial score (nSPS) is 10.6. The summed E-state index contributed by atoms with van der Waals surface area (Å²) in [7, 11) is 0. The maximum Gasteiger partial charge on any atom is 0.204 e. The highest BCUT2D eigenvalue weighted by Gasteiger charge is 2.06. The van der Waals surface area contributed by atoms with Gasteiger partial charge in [0.15, 0.2) is 0 Å². The minimum Gasteiger partial charge on any atom is -0.491 e. The molecule has 0 aliphatic rings. The van der Waals surface area contributed by atoms with Gasteiger partial charge in [0, 0.05) is 10.0 Å². The van der Waals surface area contributed by atoms with Crippen LogP contribution in [0.1, 0.15) is 5.56 Å². The molecule has 0 N–H and O–H groups in total. The van der Waals surface area contributed by atoms with Gasteiger partial charge >= 0.3 is 0 Å². The lowest BCUT2D eigenvalue weighted by Crippen LogP contribution is -2.11. The fraction of sp³-hybridized carbons (Fsp3) is 0.188. The molecule has 0 bridgehead atoms. The van der Waals surface area contributed by atoms with Crippen molar-refractivity contribution in [3.05, 3.63) is 58.6 Å². The van der Waals surface area contributed by atoms with Gasteiger partial charge in [-0.2, -0.15) is 4.80 Å². The summed E-state index contributed by atoms with van der Waals surface area (Å²) < 4.78 is 6.76. The van der Waals surface area contributed by atoms with Gasteiger partial charge < -0.3 is 4.74 Å². The summed E-state index contributed by atoms with van der Waals surface area (Å²) in [6.45, 7) is 3.08. The summed E-state index contributed by atoms with van der Waals surface area (Å²) in [6.07, 6.45) is 0. The molecular weight excluding hydrogens is 344 g/mol. The van der Waals surface area contributed by atoms with Crippen LogP contribution in [0.25, 0.3) is 11.4 Å². The van der Waals surface area contributed by atoms with Crippen LogP contribution in [0, 0.1) is 6.92 Å². The van der Waals surface area contributed by atoms with Gasteiger partial charge in [0.25, 0.3) is 0 Å². The smallest absolute Gasteiger partial charge is 0.204 e. The number of hydrogen-bond acceptors (Lipinski definition) is 4. The molecule has 0 aliphatic carbocycles. The third-order valence-corrected chi connectivity index (χ3v) is 3.73. The van der Waals surface area contributed by atoms with Gasteiger partial charge in [-0.15, -0.1) is 10.2 Å². The Kier molecular flexibility index (Phi) is 4.48. The molecule has 0 amide bonds. The van der Waals surface area contributed by atoms with E-state index in [1.165, 1.54) is 0 Å². The zero-order valence-corrected chi connectivity index (χ0v) is 13.7. The molecule has 1 heterocycles. The number of aryl methyl sites for hydroxylation is 1. The number of ether oxygens (including phenoxy) is 1. The van der Waals surface area contributed by atoms with E-state index in [-0.39, 0.29) is 0 Å². The van der Waals surface area contributed by atoms with Crippen molar-refractivity contribution in [1.29, 1.82) is 0 Å². The molecule has 22 heavy (non-hydrogen) atoms. The number of para-hydroxylation sites is 1. The molecule has 0 spiro atoms. The van der Waals surface area contributed by atoms with Gasteiger partial charge in [-0.25, -0.2) is 0 Å². The zero-order chi connectivity index (χ0) is 15.4. The Morgan fingerprint density at radius 1 is 1.09 bits per heavy atom. The van der Waals surface area contributed by atoms with E-state index < -0.39 is 0 Å². The van der Waals surface area contributed by atoms with E-state index in [1.54, 1.807) is 4.80 Å². The maximum atomic E-state index is 5.74. The average molecular weight is 359 g/mol. The summed E-state index contributed by atoms with van der Waals surface area (Å²) in [4.78, 5) is 1.55. The maximum absolute atomic E-state index is 5.74. The van der Waals surface area contributed by atoms with Crippen molar-refractivity contribution in [2.75, 3.05) is 6.61 Å². The molecule has 0 saturated heterocycles. The molecule has 0 fully saturated rings. The van der Waals surface area contributed by atoms with E-state index in [4.69, 9.17) is 4.74 Å². The van der Waals surface area contributed by atoms with Crippen LogP contribution in [0.15, 0.2) is 53.0 Å². The Labute approximate surface area is 137 Å². The fourth-order valence-corrected chi connectivity index (χ4v) is 2.27. The second-order valence-corrected chi connectivity index (χ2v) is 5.75. The molecule has 2 aromatic carbocycles. The largest absolute Gasteiger partial charge is 0.491 e. The van der Waals surface area contributed by atoms with Crippen molar-refractivity contribution in [3.63, 3.8) is 0 Å². The van der Waals surface area contributed by atoms with Gasteiger partial charge in [0.1, 0.15) is 12.4 Å². The van der Waals surface area contributed by atoms with Gasteiger partial charge in [-0.1, -0.05) is 34.1 Å². The third kappa shape index (κ3) is 3.51. The Morgan fingerprint density at radius 3 is 2.64 bits per heavy atom. The Morgan fingerprint density at radius 2 is 1.86 bits per heavy atom. The Balaban J connectivity index is 1.60. The highest BCUT2D eigenvalue weighted by molar-refractivity contribution is 9.10. The number of hydrogen-bond donors (Lipinski definition) is 0. The molecule has 1 aromatic heterocycles. The van der Waals surface area contributed by atoms with E-state index in [9.17, 15) is 0 Å². The number of benzene rings is 2. The molecule has 5 nitrogen and oxygen atoms in total. The molecule has 0 saturated carbocycles. The number of rotatable bonds is 5. The Hall–Kier alpha value is -2.21. The molecule has 3 rings (SSSR count). The van der Waals surface area contributed by atoms with Crippen LogP contribution < -0.4 is 4.74 Å². The molecule has 0 unspecified atom stereocenters. The van der Waals surface area contributed by atoms with Gasteiger partial charge in [0.2, 0.25) is 5.82 Å². The minimum atomic E-state index is 0.501. The first-order chi connectivity index (χ1) is 10.7. The predicted molar refractivity (Wildman–Crippen MR) is 87.6 cm³/mol. The topological polar surface area (TPSA) is 52.8 Å². The molecule has 0 atom stereocenters. The molecule has 0 radical (unpaired) electrons. The zero-order valence-electron chi connectivity index (χ0n) is 12.1. The summed E-state index contributed by atoms with van der Waals surface area (Å²) in [5, 5.41) is 12.5. The predicted octanol–water partition coefficient (Wildman–Crippen LogP) is 3.49. The van der Waals surface area contributed by atoms with Crippen LogP contribution in [0.2, 0.25) is 0 Å². The Bertz CT molecular complexity index is 755. The lowest BCUT2D eigenvalue weighted by Gasteiger charge is -2.07. The van der Waals surface area contributed by atoms with Crippen molar-refractivity contribution in [2.45, 2.75) is 13.5 Å². The van der Waals surface area contributed by atoms with Crippen LogP contribution >= 0.6 is 15.9 Å². The lowest BCUT2D eigenvalue weighted by atomic mass is 10.2. The summed E-state index contributed by atoms with van der Waals surface area (Å²) in [6, 6.07) is 15.7. The summed E-state index contributed by atoms with van der Waals surface area (Å²) in [5.41, 5.74) is 2.05.